The van der Waals surface area contributed by atoms with E-state index in [1.54, 1.807) is 0 Å². The maximum atomic E-state index is 11.2. The number of nitrogens with one attached hydrogen (secondary N) is 1. The van der Waals surface area contributed by atoms with Crippen LogP contribution >= 0.6 is 0 Å². The molecular formula is C10H17NO2. The van der Waals surface area contributed by atoms with Crippen LogP contribution in [0.15, 0.2) is 0 Å². The van der Waals surface area contributed by atoms with Crippen LogP contribution in [0.2, 0.25) is 0 Å². The third kappa shape index (κ3) is 2.02. The summed E-state index contributed by atoms with van der Waals surface area (Å²) in [5.41, 5.74) is 0.414. The molecule has 2 saturated heterocycles. The van der Waals surface area contributed by atoms with Crippen molar-refractivity contribution in [2.24, 2.45) is 5.41 Å². The Morgan fingerprint density at radius 3 is 2.69 bits per heavy atom. The molecule has 2 rings (SSSR count). The molecule has 2 heterocycles. The highest BCUT2D eigenvalue weighted by Gasteiger charge is 2.34. The average Bonchev–Trinajstić information content (AvgIpc) is 2.32. The van der Waals surface area contributed by atoms with E-state index in [0.717, 1.165) is 45.4 Å². The van der Waals surface area contributed by atoms with E-state index in [-0.39, 0.29) is 5.91 Å². The molecule has 1 amide bonds. The number of carbonyl (C=O) groups is 1. The molecular weight excluding hydrogens is 166 g/mol. The van der Waals surface area contributed by atoms with Gasteiger partial charge in [0.2, 0.25) is 5.91 Å². The fraction of sp³-hybridized carbons (Fsp3) is 0.900. The monoisotopic (exact) mass is 183 g/mol. The van der Waals surface area contributed by atoms with Gasteiger partial charge in [-0.25, -0.2) is 0 Å². The molecule has 3 nitrogen and oxygen atoms in total. The molecule has 1 N–H and O–H groups in total. The summed E-state index contributed by atoms with van der Waals surface area (Å²) in [4.78, 5) is 11.2. The van der Waals surface area contributed by atoms with Crippen LogP contribution in [0.4, 0.5) is 0 Å². The Hall–Kier alpha value is -0.570. The first kappa shape index (κ1) is 9.00. The SMILES string of the molecule is O=C1CCC2(CCN1)CCOCC2. The van der Waals surface area contributed by atoms with Crippen LogP contribution in [0.5, 0.6) is 0 Å². The molecule has 3 heteroatoms. The molecule has 74 valence electrons. The van der Waals surface area contributed by atoms with Crippen molar-refractivity contribution in [2.45, 2.75) is 32.1 Å². The van der Waals surface area contributed by atoms with Crippen molar-refractivity contribution in [1.29, 1.82) is 0 Å². The predicted octanol–water partition coefficient (Wildman–Crippen LogP) is 1.08. The molecule has 1 spiro atoms. The zero-order chi connectivity index (χ0) is 9.15. The Labute approximate surface area is 78.8 Å². The first-order valence-electron chi connectivity index (χ1n) is 5.15. The van der Waals surface area contributed by atoms with E-state index in [9.17, 15) is 4.79 Å². The van der Waals surface area contributed by atoms with Crippen LogP contribution in [0.1, 0.15) is 32.1 Å². The molecule has 0 bridgehead atoms. The van der Waals surface area contributed by atoms with E-state index in [4.69, 9.17) is 4.74 Å². The van der Waals surface area contributed by atoms with Gasteiger partial charge in [-0.05, 0) is 31.1 Å². The van der Waals surface area contributed by atoms with E-state index in [1.807, 2.05) is 0 Å². The van der Waals surface area contributed by atoms with Crippen LogP contribution in [0, 0.1) is 5.41 Å². The molecule has 0 saturated carbocycles. The molecule has 0 aromatic carbocycles. The van der Waals surface area contributed by atoms with Crippen molar-refractivity contribution in [3.63, 3.8) is 0 Å². The van der Waals surface area contributed by atoms with E-state index in [1.165, 1.54) is 0 Å². The van der Waals surface area contributed by atoms with Crippen molar-refractivity contribution < 1.29 is 9.53 Å². The van der Waals surface area contributed by atoms with Gasteiger partial charge in [-0.2, -0.15) is 0 Å². The summed E-state index contributed by atoms with van der Waals surface area (Å²) in [6, 6.07) is 0. The van der Waals surface area contributed by atoms with E-state index in [0.29, 0.717) is 11.8 Å². The largest absolute Gasteiger partial charge is 0.381 e. The third-order valence-electron chi connectivity index (χ3n) is 3.41. The van der Waals surface area contributed by atoms with E-state index >= 15 is 0 Å². The molecule has 0 unspecified atom stereocenters. The second-order valence-corrected chi connectivity index (χ2v) is 4.21. The lowest BCUT2D eigenvalue weighted by atomic mass is 9.74. The van der Waals surface area contributed by atoms with Crippen LogP contribution < -0.4 is 5.32 Å². The van der Waals surface area contributed by atoms with Crippen molar-refractivity contribution >= 4 is 5.91 Å². The summed E-state index contributed by atoms with van der Waals surface area (Å²) in [6.07, 6.45) is 5.19. The normalized spacial score (nSPS) is 28.2. The zero-order valence-electron chi connectivity index (χ0n) is 7.97. The fourth-order valence-electron chi connectivity index (χ4n) is 2.36. The maximum Gasteiger partial charge on any atom is 0.220 e. The van der Waals surface area contributed by atoms with Crippen molar-refractivity contribution in [1.82, 2.24) is 5.32 Å². The number of rotatable bonds is 0. The van der Waals surface area contributed by atoms with Crippen LogP contribution in [0.25, 0.3) is 0 Å². The quantitative estimate of drug-likeness (QED) is 0.610. The van der Waals surface area contributed by atoms with Gasteiger partial charge in [0.15, 0.2) is 0 Å². The zero-order valence-corrected chi connectivity index (χ0v) is 7.97. The standard InChI is InChI=1S/C10H17NO2/c12-9-1-2-10(3-6-11-9)4-7-13-8-5-10/h1-8H2,(H,11,12). The van der Waals surface area contributed by atoms with Gasteiger partial charge in [0.1, 0.15) is 0 Å². The number of carbonyl (C=O) groups excluding carboxylic acids is 1. The molecule has 2 aliphatic heterocycles. The Balaban J connectivity index is 1.99. The van der Waals surface area contributed by atoms with Gasteiger partial charge in [0, 0.05) is 26.2 Å². The highest BCUT2D eigenvalue weighted by atomic mass is 16.5. The van der Waals surface area contributed by atoms with Crippen LogP contribution in [0.3, 0.4) is 0 Å². The van der Waals surface area contributed by atoms with Gasteiger partial charge < -0.3 is 10.1 Å². The minimum Gasteiger partial charge on any atom is -0.381 e. The summed E-state index contributed by atoms with van der Waals surface area (Å²) in [5.74, 6) is 0.225. The lowest BCUT2D eigenvalue weighted by Crippen LogP contribution is -2.30. The van der Waals surface area contributed by atoms with Gasteiger partial charge in [-0.15, -0.1) is 0 Å². The minimum atomic E-state index is 0.225. The van der Waals surface area contributed by atoms with Crippen LogP contribution in [-0.4, -0.2) is 25.7 Å². The minimum absolute atomic E-state index is 0.225. The lowest BCUT2D eigenvalue weighted by Gasteiger charge is -2.35. The average molecular weight is 183 g/mol. The van der Waals surface area contributed by atoms with Gasteiger partial charge in [0.25, 0.3) is 0 Å². The highest BCUT2D eigenvalue weighted by molar-refractivity contribution is 5.76. The van der Waals surface area contributed by atoms with E-state index in [2.05, 4.69) is 5.32 Å². The number of hydrogen-bond acceptors (Lipinski definition) is 2. The molecule has 13 heavy (non-hydrogen) atoms. The summed E-state index contributed by atoms with van der Waals surface area (Å²) in [7, 11) is 0. The van der Waals surface area contributed by atoms with Crippen molar-refractivity contribution in [3.8, 4) is 0 Å². The number of ether oxygens (including phenoxy) is 1. The maximum absolute atomic E-state index is 11.2. The number of hydrogen-bond donors (Lipinski definition) is 1. The summed E-state index contributed by atoms with van der Waals surface area (Å²) >= 11 is 0. The van der Waals surface area contributed by atoms with E-state index < -0.39 is 0 Å². The molecule has 0 radical (unpaired) electrons. The van der Waals surface area contributed by atoms with Gasteiger partial charge in [-0.1, -0.05) is 0 Å². The van der Waals surface area contributed by atoms with Crippen LogP contribution in [-0.2, 0) is 9.53 Å². The first-order chi connectivity index (χ1) is 6.31. The Kier molecular flexibility index (Phi) is 2.54. The highest BCUT2D eigenvalue weighted by Crippen LogP contribution is 2.39. The van der Waals surface area contributed by atoms with Gasteiger partial charge in [0.05, 0.1) is 0 Å². The molecule has 0 aromatic heterocycles. The second kappa shape index (κ2) is 3.66. The Morgan fingerprint density at radius 2 is 1.92 bits per heavy atom. The molecule has 0 aliphatic carbocycles. The Bertz CT molecular complexity index is 197. The van der Waals surface area contributed by atoms with Gasteiger partial charge >= 0.3 is 0 Å². The smallest absolute Gasteiger partial charge is 0.220 e. The summed E-state index contributed by atoms with van der Waals surface area (Å²) < 4.78 is 5.36. The third-order valence-corrected chi connectivity index (χ3v) is 3.41. The predicted molar refractivity (Wildman–Crippen MR) is 49.3 cm³/mol. The molecule has 0 aromatic rings. The second-order valence-electron chi connectivity index (χ2n) is 4.21. The topological polar surface area (TPSA) is 38.3 Å². The van der Waals surface area contributed by atoms with Crippen molar-refractivity contribution in [3.05, 3.63) is 0 Å². The molecule has 2 aliphatic rings. The molecule has 0 atom stereocenters. The first-order valence-corrected chi connectivity index (χ1v) is 5.15. The lowest BCUT2D eigenvalue weighted by molar-refractivity contribution is -0.121. The summed E-state index contributed by atoms with van der Waals surface area (Å²) in [6.45, 7) is 2.63. The summed E-state index contributed by atoms with van der Waals surface area (Å²) in [5, 5.41) is 2.94. The molecule has 2 fully saturated rings. The van der Waals surface area contributed by atoms with Crippen molar-refractivity contribution in [2.75, 3.05) is 19.8 Å². The Morgan fingerprint density at radius 1 is 1.15 bits per heavy atom. The van der Waals surface area contributed by atoms with Gasteiger partial charge in [-0.3, -0.25) is 4.79 Å². The fourth-order valence-corrected chi connectivity index (χ4v) is 2.36. The number of amides is 1.